The van der Waals surface area contributed by atoms with E-state index in [4.69, 9.17) is 0 Å². The molecule has 0 aromatic heterocycles. The van der Waals surface area contributed by atoms with E-state index in [1.807, 2.05) is 0 Å². The summed E-state index contributed by atoms with van der Waals surface area (Å²) in [6.45, 7) is 0.187. The van der Waals surface area contributed by atoms with Crippen molar-refractivity contribution in [3.8, 4) is 5.75 Å². The number of benzene rings is 1. The van der Waals surface area contributed by atoms with E-state index in [-0.39, 0.29) is 18.2 Å². The predicted octanol–water partition coefficient (Wildman–Crippen LogP) is 0.674. The fourth-order valence-corrected chi connectivity index (χ4v) is 1.67. The van der Waals surface area contributed by atoms with Crippen LogP contribution in [0.25, 0.3) is 0 Å². The number of phenols is 1. The minimum absolute atomic E-state index is 0.106. The number of para-hydroxylation sites is 1. The molecular formula is C11H12N2O4. The van der Waals surface area contributed by atoms with Gasteiger partial charge in [-0.05, 0) is 6.07 Å². The summed E-state index contributed by atoms with van der Waals surface area (Å²) in [5.74, 6) is -0.736. The number of aromatic hydroxyl groups is 1. The molecule has 0 spiro atoms. The van der Waals surface area contributed by atoms with Crippen molar-refractivity contribution in [1.82, 2.24) is 5.32 Å². The third-order valence-corrected chi connectivity index (χ3v) is 2.81. The molecule has 6 heteroatoms. The maximum atomic E-state index is 11.5. The average Bonchev–Trinajstić information content (AvgIpc) is 3.07. The van der Waals surface area contributed by atoms with Gasteiger partial charge in [0, 0.05) is 23.5 Å². The molecule has 1 aromatic rings. The normalized spacial score (nSPS) is 21.9. The van der Waals surface area contributed by atoms with Gasteiger partial charge in [-0.25, -0.2) is 0 Å². The molecule has 1 amide bonds. The first kappa shape index (κ1) is 11.4. The van der Waals surface area contributed by atoms with Crippen LogP contribution in [-0.2, 0) is 11.3 Å². The van der Waals surface area contributed by atoms with Crippen molar-refractivity contribution in [1.29, 1.82) is 0 Å². The molecule has 1 saturated carbocycles. The number of phenolic OH excluding ortho intramolecular Hbond substituents is 1. The highest BCUT2D eigenvalue weighted by Crippen LogP contribution is 2.33. The quantitative estimate of drug-likeness (QED) is 0.593. The molecule has 2 N–H and O–H groups in total. The van der Waals surface area contributed by atoms with Crippen molar-refractivity contribution in [2.45, 2.75) is 19.0 Å². The molecule has 0 aliphatic heterocycles. The number of hydrogen-bond acceptors (Lipinski definition) is 4. The standard InChI is InChI=1S/C11H12N2O4/c14-10-4-2-1-3-7(10)6-12-11(15)8-5-9(8)13(16)17/h1-4,8-9,14H,5-6H2,(H,12,15)/t8-,9+/m1/s1. The van der Waals surface area contributed by atoms with Crippen LogP contribution < -0.4 is 5.32 Å². The van der Waals surface area contributed by atoms with Gasteiger partial charge in [0.15, 0.2) is 0 Å². The van der Waals surface area contributed by atoms with Crippen LogP contribution in [0.3, 0.4) is 0 Å². The fourth-order valence-electron chi connectivity index (χ4n) is 1.67. The molecule has 90 valence electrons. The Bertz CT molecular complexity index is 461. The number of hydrogen-bond donors (Lipinski definition) is 2. The number of carbonyl (C=O) groups excluding carboxylic acids is 1. The summed E-state index contributed by atoms with van der Waals surface area (Å²) in [7, 11) is 0. The van der Waals surface area contributed by atoms with Crippen LogP contribution in [0.5, 0.6) is 5.75 Å². The van der Waals surface area contributed by atoms with E-state index in [9.17, 15) is 20.0 Å². The second-order valence-electron chi connectivity index (χ2n) is 4.04. The van der Waals surface area contributed by atoms with Crippen LogP contribution >= 0.6 is 0 Å². The van der Waals surface area contributed by atoms with E-state index in [2.05, 4.69) is 5.32 Å². The second kappa shape index (κ2) is 4.40. The summed E-state index contributed by atoms with van der Waals surface area (Å²) in [5, 5.41) is 22.4. The van der Waals surface area contributed by atoms with Crippen LogP contribution in [0, 0.1) is 16.0 Å². The lowest BCUT2D eigenvalue weighted by molar-refractivity contribution is -0.497. The summed E-state index contributed by atoms with van der Waals surface area (Å²) in [5.41, 5.74) is 0.596. The van der Waals surface area contributed by atoms with E-state index in [1.165, 1.54) is 6.07 Å². The van der Waals surface area contributed by atoms with Gasteiger partial charge in [0.05, 0.1) is 0 Å². The predicted molar refractivity (Wildman–Crippen MR) is 58.8 cm³/mol. The number of carbonyl (C=O) groups is 1. The molecule has 17 heavy (non-hydrogen) atoms. The Balaban J connectivity index is 1.86. The van der Waals surface area contributed by atoms with Crippen LogP contribution in [0.1, 0.15) is 12.0 Å². The van der Waals surface area contributed by atoms with Crippen LogP contribution in [0.4, 0.5) is 0 Å². The third kappa shape index (κ3) is 2.52. The first-order chi connectivity index (χ1) is 8.09. The molecule has 1 aliphatic carbocycles. The smallest absolute Gasteiger partial charge is 0.230 e. The molecule has 1 aromatic carbocycles. The minimum atomic E-state index is -0.737. The van der Waals surface area contributed by atoms with Crippen molar-refractivity contribution in [2.75, 3.05) is 0 Å². The molecule has 1 fully saturated rings. The van der Waals surface area contributed by atoms with Gasteiger partial charge >= 0.3 is 0 Å². The van der Waals surface area contributed by atoms with Crippen molar-refractivity contribution < 1.29 is 14.8 Å². The van der Waals surface area contributed by atoms with E-state index in [0.29, 0.717) is 12.0 Å². The number of amides is 1. The summed E-state index contributed by atoms with van der Waals surface area (Å²) in [6, 6.07) is 5.91. The highest BCUT2D eigenvalue weighted by molar-refractivity contribution is 5.82. The second-order valence-corrected chi connectivity index (χ2v) is 4.04. The Labute approximate surface area is 97.4 Å². The van der Waals surface area contributed by atoms with Gasteiger partial charge in [-0.3, -0.25) is 14.9 Å². The van der Waals surface area contributed by atoms with Gasteiger partial charge in [-0.15, -0.1) is 0 Å². The zero-order chi connectivity index (χ0) is 12.4. The maximum absolute atomic E-state index is 11.5. The highest BCUT2D eigenvalue weighted by atomic mass is 16.6. The zero-order valence-electron chi connectivity index (χ0n) is 9.00. The minimum Gasteiger partial charge on any atom is -0.508 e. The molecule has 6 nitrogen and oxygen atoms in total. The lowest BCUT2D eigenvalue weighted by Crippen LogP contribution is -2.26. The highest BCUT2D eigenvalue weighted by Gasteiger charge is 2.53. The SMILES string of the molecule is O=C(NCc1ccccc1O)[C@@H]1C[C@@H]1[N+](=O)[O-]. The number of rotatable bonds is 4. The van der Waals surface area contributed by atoms with Crippen molar-refractivity contribution >= 4 is 5.91 Å². The summed E-state index contributed by atoms with van der Waals surface area (Å²) >= 11 is 0. The molecule has 0 radical (unpaired) electrons. The van der Waals surface area contributed by atoms with Crippen LogP contribution in [0.2, 0.25) is 0 Å². The third-order valence-electron chi connectivity index (χ3n) is 2.81. The van der Waals surface area contributed by atoms with Gasteiger partial charge < -0.3 is 10.4 Å². The van der Waals surface area contributed by atoms with Gasteiger partial charge in [-0.1, -0.05) is 18.2 Å². The summed E-state index contributed by atoms with van der Waals surface area (Å²) in [6.07, 6.45) is 0.305. The van der Waals surface area contributed by atoms with Crippen LogP contribution in [0.15, 0.2) is 24.3 Å². The fraction of sp³-hybridized carbons (Fsp3) is 0.364. The topological polar surface area (TPSA) is 92.5 Å². The molecular weight excluding hydrogens is 224 g/mol. The Morgan fingerprint density at radius 3 is 2.82 bits per heavy atom. The van der Waals surface area contributed by atoms with Gasteiger partial charge in [0.1, 0.15) is 11.7 Å². The van der Waals surface area contributed by atoms with Crippen LogP contribution in [-0.4, -0.2) is 22.0 Å². The van der Waals surface area contributed by atoms with E-state index >= 15 is 0 Å². The Hall–Kier alpha value is -2.11. The Morgan fingerprint density at radius 1 is 1.53 bits per heavy atom. The lowest BCUT2D eigenvalue weighted by Gasteiger charge is -2.05. The molecule has 0 unspecified atom stereocenters. The van der Waals surface area contributed by atoms with Crippen molar-refractivity contribution in [2.24, 2.45) is 5.92 Å². The van der Waals surface area contributed by atoms with Gasteiger partial charge in [0.25, 0.3) is 0 Å². The lowest BCUT2D eigenvalue weighted by atomic mass is 10.2. The van der Waals surface area contributed by atoms with Gasteiger partial charge in [-0.2, -0.15) is 0 Å². The number of nitrogens with zero attached hydrogens (tertiary/aromatic N) is 1. The Morgan fingerprint density at radius 2 is 2.24 bits per heavy atom. The Kier molecular flexibility index (Phi) is 2.95. The monoisotopic (exact) mass is 236 g/mol. The maximum Gasteiger partial charge on any atom is 0.230 e. The number of nitrogens with one attached hydrogen (secondary N) is 1. The molecule has 2 rings (SSSR count). The largest absolute Gasteiger partial charge is 0.508 e. The molecule has 0 heterocycles. The number of nitro groups is 1. The average molecular weight is 236 g/mol. The molecule has 0 saturated heterocycles. The van der Waals surface area contributed by atoms with E-state index in [0.717, 1.165) is 0 Å². The first-order valence-corrected chi connectivity index (χ1v) is 5.27. The van der Waals surface area contributed by atoms with Crippen molar-refractivity contribution in [3.05, 3.63) is 39.9 Å². The molecule has 2 atom stereocenters. The first-order valence-electron chi connectivity index (χ1n) is 5.27. The summed E-state index contributed by atoms with van der Waals surface area (Å²) < 4.78 is 0. The van der Waals surface area contributed by atoms with Crippen molar-refractivity contribution in [3.63, 3.8) is 0 Å². The molecule has 1 aliphatic rings. The zero-order valence-corrected chi connectivity index (χ0v) is 9.00. The summed E-state index contributed by atoms with van der Waals surface area (Å²) in [4.78, 5) is 21.5. The van der Waals surface area contributed by atoms with E-state index in [1.54, 1.807) is 18.2 Å². The van der Waals surface area contributed by atoms with Gasteiger partial charge in [0.2, 0.25) is 11.9 Å². The van der Waals surface area contributed by atoms with E-state index < -0.39 is 16.9 Å². The molecule has 0 bridgehead atoms.